The van der Waals surface area contributed by atoms with Gasteiger partial charge in [0, 0.05) is 0 Å². The normalized spacial score (nSPS) is 38.8. The van der Waals surface area contributed by atoms with Gasteiger partial charge in [0.25, 0.3) is 0 Å². The molecule has 0 N–H and O–H groups in total. The van der Waals surface area contributed by atoms with Gasteiger partial charge in [-0.3, -0.25) is 0 Å². The summed E-state index contributed by atoms with van der Waals surface area (Å²) in [5, 5.41) is 0. The van der Waals surface area contributed by atoms with Crippen LogP contribution < -0.4 is 0 Å². The minimum Gasteiger partial charge on any atom is -0.378 e. The molecule has 2 aliphatic heterocycles. The molecule has 3 rings (SSSR count). The van der Waals surface area contributed by atoms with E-state index >= 15 is 0 Å². The second kappa shape index (κ2) is 4.86. The molecule has 3 atom stereocenters. The molecule has 0 radical (unpaired) electrons. The third-order valence-electron chi connectivity index (χ3n) is 3.16. The highest BCUT2D eigenvalue weighted by molar-refractivity contribution is 4.84. The van der Waals surface area contributed by atoms with Gasteiger partial charge in [0.05, 0.1) is 12.7 Å². The first kappa shape index (κ1) is 10.0. The van der Waals surface area contributed by atoms with Crippen LogP contribution in [-0.2, 0) is 4.74 Å². The van der Waals surface area contributed by atoms with Gasteiger partial charge >= 0.3 is 0 Å². The number of ether oxygens (including phenoxy) is 1. The zero-order chi connectivity index (χ0) is 8.97. The second-order valence-corrected chi connectivity index (χ2v) is 3.70. The maximum absolute atomic E-state index is 5.61. The van der Waals surface area contributed by atoms with E-state index in [1.165, 1.54) is 25.7 Å². The molecular weight excluding hydrogens is 148 g/mol. The van der Waals surface area contributed by atoms with Gasteiger partial charge in [0.1, 0.15) is 0 Å². The Morgan fingerprint density at radius 2 is 2.00 bits per heavy atom. The largest absolute Gasteiger partial charge is 0.378 e. The van der Waals surface area contributed by atoms with Crippen molar-refractivity contribution in [1.29, 1.82) is 0 Å². The number of hydrogen-bond acceptors (Lipinski definition) is 1. The van der Waals surface area contributed by atoms with Gasteiger partial charge in [-0.05, 0) is 31.1 Å². The van der Waals surface area contributed by atoms with Gasteiger partial charge in [-0.2, -0.15) is 0 Å². The van der Waals surface area contributed by atoms with Crippen LogP contribution in [0.15, 0.2) is 0 Å². The number of hydrogen-bond donors (Lipinski definition) is 0. The van der Waals surface area contributed by atoms with E-state index in [0.29, 0.717) is 6.10 Å². The summed E-state index contributed by atoms with van der Waals surface area (Å²) < 4.78 is 5.61. The number of fused-ring (bicyclic) bond motifs is 3. The molecular formula is C11H22O. The average Bonchev–Trinajstić information content (AvgIpc) is 2.22. The summed E-state index contributed by atoms with van der Waals surface area (Å²) in [6, 6.07) is 0. The smallest absolute Gasteiger partial charge is 0.0578 e. The first-order valence-electron chi connectivity index (χ1n) is 5.51. The Balaban J connectivity index is 0.000000336. The van der Waals surface area contributed by atoms with Crippen LogP contribution >= 0.6 is 0 Å². The van der Waals surface area contributed by atoms with Crippen LogP contribution in [0.1, 0.15) is 46.5 Å². The lowest BCUT2D eigenvalue weighted by atomic mass is 9.75. The van der Waals surface area contributed by atoms with Crippen molar-refractivity contribution in [2.24, 2.45) is 11.8 Å². The molecule has 2 heterocycles. The highest BCUT2D eigenvalue weighted by Gasteiger charge is 2.34. The predicted octanol–water partition coefficient (Wildman–Crippen LogP) is 3.24. The molecule has 72 valence electrons. The van der Waals surface area contributed by atoms with Crippen molar-refractivity contribution in [3.63, 3.8) is 0 Å². The van der Waals surface area contributed by atoms with Crippen LogP contribution in [0.4, 0.5) is 0 Å². The molecule has 1 saturated carbocycles. The van der Waals surface area contributed by atoms with Crippen LogP contribution in [0.2, 0.25) is 0 Å². The second-order valence-electron chi connectivity index (χ2n) is 3.70. The minimum absolute atomic E-state index is 0.634. The van der Waals surface area contributed by atoms with Gasteiger partial charge in [0.2, 0.25) is 0 Å². The van der Waals surface area contributed by atoms with Crippen LogP contribution in [-0.4, -0.2) is 12.7 Å². The SMILES string of the molecule is CC.CCC1CC2CCC1CO2. The van der Waals surface area contributed by atoms with Gasteiger partial charge in [-0.25, -0.2) is 0 Å². The molecule has 3 aliphatic rings. The first-order valence-corrected chi connectivity index (χ1v) is 5.51. The van der Waals surface area contributed by atoms with Crippen molar-refractivity contribution in [3.8, 4) is 0 Å². The third kappa shape index (κ3) is 2.01. The molecule has 12 heavy (non-hydrogen) atoms. The molecule has 0 aromatic rings. The van der Waals surface area contributed by atoms with E-state index in [2.05, 4.69) is 6.92 Å². The summed E-state index contributed by atoms with van der Waals surface area (Å²) in [6.07, 6.45) is 6.12. The van der Waals surface area contributed by atoms with E-state index in [1.807, 2.05) is 13.8 Å². The Kier molecular flexibility index (Phi) is 4.07. The summed E-state index contributed by atoms with van der Waals surface area (Å²) in [4.78, 5) is 0. The first-order chi connectivity index (χ1) is 5.90. The van der Waals surface area contributed by atoms with E-state index in [0.717, 1.165) is 18.4 Å². The zero-order valence-corrected chi connectivity index (χ0v) is 8.68. The van der Waals surface area contributed by atoms with E-state index in [9.17, 15) is 0 Å². The average molecular weight is 170 g/mol. The maximum Gasteiger partial charge on any atom is 0.0578 e. The molecule has 2 bridgehead atoms. The van der Waals surface area contributed by atoms with Crippen LogP contribution in [0.5, 0.6) is 0 Å². The Labute approximate surface area is 76.5 Å². The van der Waals surface area contributed by atoms with Crippen molar-refractivity contribution in [2.75, 3.05) is 6.61 Å². The summed E-state index contributed by atoms with van der Waals surface area (Å²) in [5.41, 5.74) is 0. The zero-order valence-electron chi connectivity index (χ0n) is 8.68. The Morgan fingerprint density at radius 3 is 2.25 bits per heavy atom. The molecule has 0 amide bonds. The van der Waals surface area contributed by atoms with Crippen molar-refractivity contribution in [1.82, 2.24) is 0 Å². The molecule has 0 aromatic carbocycles. The van der Waals surface area contributed by atoms with Crippen LogP contribution in [0, 0.1) is 11.8 Å². The fourth-order valence-electron chi connectivity index (χ4n) is 2.41. The van der Waals surface area contributed by atoms with E-state index in [4.69, 9.17) is 4.74 Å². The van der Waals surface area contributed by atoms with Crippen molar-refractivity contribution in [3.05, 3.63) is 0 Å². The van der Waals surface area contributed by atoms with Gasteiger partial charge < -0.3 is 4.74 Å². The molecule has 2 saturated heterocycles. The molecule has 1 nitrogen and oxygen atoms in total. The lowest BCUT2D eigenvalue weighted by Gasteiger charge is -2.41. The fraction of sp³-hybridized carbons (Fsp3) is 1.00. The minimum atomic E-state index is 0.634. The molecule has 1 heteroatoms. The Morgan fingerprint density at radius 1 is 1.25 bits per heavy atom. The standard InChI is InChI=1S/C9H16O.C2H6/c1-2-7-5-9-4-3-8(7)6-10-9;1-2/h7-9H,2-6H2,1H3;1-2H3. The molecule has 3 fully saturated rings. The molecule has 3 unspecified atom stereocenters. The van der Waals surface area contributed by atoms with E-state index in [1.54, 1.807) is 0 Å². The lowest BCUT2D eigenvalue weighted by molar-refractivity contribution is -0.0932. The third-order valence-corrected chi connectivity index (χ3v) is 3.16. The van der Waals surface area contributed by atoms with E-state index in [-0.39, 0.29) is 0 Å². The quantitative estimate of drug-likeness (QED) is 0.587. The summed E-state index contributed by atoms with van der Waals surface area (Å²) >= 11 is 0. The Hall–Kier alpha value is -0.0400. The molecule has 0 aromatic heterocycles. The highest BCUT2D eigenvalue weighted by Crippen LogP contribution is 2.38. The predicted molar refractivity (Wildman–Crippen MR) is 52.2 cm³/mol. The fourth-order valence-corrected chi connectivity index (χ4v) is 2.41. The molecule has 0 spiro atoms. The lowest BCUT2D eigenvalue weighted by Crippen LogP contribution is -2.39. The Bertz CT molecular complexity index is 114. The monoisotopic (exact) mass is 170 g/mol. The van der Waals surface area contributed by atoms with Gasteiger partial charge in [-0.15, -0.1) is 0 Å². The maximum atomic E-state index is 5.61. The summed E-state index contributed by atoms with van der Waals surface area (Å²) in [6.45, 7) is 7.37. The van der Waals surface area contributed by atoms with Crippen LogP contribution in [0.3, 0.4) is 0 Å². The van der Waals surface area contributed by atoms with Gasteiger partial charge in [0.15, 0.2) is 0 Å². The van der Waals surface area contributed by atoms with Crippen molar-refractivity contribution in [2.45, 2.75) is 52.6 Å². The topological polar surface area (TPSA) is 9.23 Å². The van der Waals surface area contributed by atoms with Crippen molar-refractivity contribution < 1.29 is 4.74 Å². The van der Waals surface area contributed by atoms with Crippen LogP contribution in [0.25, 0.3) is 0 Å². The van der Waals surface area contributed by atoms with Crippen molar-refractivity contribution >= 4 is 0 Å². The summed E-state index contributed by atoms with van der Waals surface area (Å²) in [7, 11) is 0. The van der Waals surface area contributed by atoms with Gasteiger partial charge in [-0.1, -0.05) is 27.2 Å². The number of rotatable bonds is 1. The highest BCUT2D eigenvalue weighted by atomic mass is 16.5. The van der Waals surface area contributed by atoms with E-state index < -0.39 is 0 Å². The summed E-state index contributed by atoms with van der Waals surface area (Å²) in [5.74, 6) is 1.91. The molecule has 1 aliphatic carbocycles.